The molecule has 0 aliphatic carbocycles. The van der Waals surface area contributed by atoms with Crippen molar-refractivity contribution in [3.63, 3.8) is 0 Å². The van der Waals surface area contributed by atoms with E-state index in [1.165, 1.54) is 4.90 Å². The number of fused-ring (bicyclic) bond motifs is 4. The van der Waals surface area contributed by atoms with Crippen LogP contribution < -0.4 is 87.2 Å². The fraction of sp³-hybridized carbons (Fsp3) is 0.430. The Morgan fingerprint density at radius 1 is 0.439 bits per heavy atom. The number of nitrogens with one attached hydrogen (secondary N) is 18. The second-order valence-corrected chi connectivity index (χ2v) is 29.2. The van der Waals surface area contributed by atoms with Gasteiger partial charge < -0.3 is 117 Å². The van der Waals surface area contributed by atoms with Gasteiger partial charge in [0.25, 0.3) is 0 Å². The van der Waals surface area contributed by atoms with Crippen molar-refractivity contribution in [2.24, 2.45) is 34.6 Å². The number of nitrogens with two attached hydrogens (primary N) is 5. The number of aromatic nitrogens is 4. The summed E-state index contributed by atoms with van der Waals surface area (Å²) in [5.74, 6) is -9.29. The number of carboxylic acid groups (broad SMARTS) is 1. The third-order valence-electron chi connectivity index (χ3n) is 20.2. The molecule has 1 fully saturated rings. The predicted molar refractivity (Wildman–Crippen MR) is 434 cm³/mol. The maximum Gasteiger partial charge on any atom is 0.326 e. The van der Waals surface area contributed by atoms with Crippen LogP contribution in [0.1, 0.15) is 113 Å². The van der Waals surface area contributed by atoms with Crippen molar-refractivity contribution in [2.45, 2.75) is 177 Å². The first-order chi connectivity index (χ1) is 54.7. The number of para-hydroxylation sites is 4. The number of benzene rings is 4. The van der Waals surface area contributed by atoms with Gasteiger partial charge in [-0.3, -0.25) is 59.4 Å². The number of guanidine groups is 3. The van der Waals surface area contributed by atoms with Gasteiger partial charge in [0, 0.05) is 120 Å². The number of H-pyrrole nitrogens is 4. The van der Waals surface area contributed by atoms with Gasteiger partial charge in [-0.1, -0.05) is 86.6 Å². The van der Waals surface area contributed by atoms with E-state index >= 15 is 24.0 Å². The van der Waals surface area contributed by atoms with Crippen LogP contribution in [-0.2, 0) is 73.6 Å². The molecule has 8 aromatic rings. The summed E-state index contributed by atoms with van der Waals surface area (Å²) in [4.78, 5) is 162. The maximum absolute atomic E-state index is 16.0. The molecule has 0 unspecified atom stereocenters. The fourth-order valence-corrected chi connectivity index (χ4v) is 14.4. The Bertz CT molecular complexity index is 4700. The average Bonchev–Trinajstić information content (AvgIpc) is 1.63. The predicted octanol–water partition coefficient (Wildman–Crippen LogP) is 1.13. The van der Waals surface area contributed by atoms with Crippen molar-refractivity contribution >= 4 is 121 Å². The molecule has 29 N–H and O–H groups in total. The van der Waals surface area contributed by atoms with Gasteiger partial charge in [-0.2, -0.15) is 0 Å². The Balaban J connectivity index is 1.03. The third kappa shape index (κ3) is 24.2. The van der Waals surface area contributed by atoms with E-state index in [4.69, 9.17) is 44.9 Å². The molecule has 1 aliphatic heterocycles. The lowest BCUT2D eigenvalue weighted by Gasteiger charge is -2.31. The molecule has 4 aromatic carbocycles. The van der Waals surface area contributed by atoms with Crippen LogP contribution in [0.3, 0.4) is 0 Å². The first-order valence-corrected chi connectivity index (χ1v) is 38.6. The van der Waals surface area contributed by atoms with E-state index < -0.39 is 120 Å². The van der Waals surface area contributed by atoms with Crippen LogP contribution in [0.15, 0.2) is 122 Å². The molecule has 35 nitrogen and oxygen atoms in total. The molecule has 35 heteroatoms. The van der Waals surface area contributed by atoms with Crippen LogP contribution in [-0.4, -0.2) is 200 Å². The Morgan fingerprint density at radius 3 is 1.11 bits per heavy atom. The molecule has 0 saturated carbocycles. The second-order valence-electron chi connectivity index (χ2n) is 29.2. The molecule has 0 spiro atoms. The summed E-state index contributed by atoms with van der Waals surface area (Å²) in [5.41, 5.74) is 34.1. The zero-order valence-electron chi connectivity index (χ0n) is 64.1. The van der Waals surface area contributed by atoms with Crippen molar-refractivity contribution in [3.8, 4) is 0 Å². The lowest BCUT2D eigenvalue weighted by atomic mass is 9.99. The lowest BCUT2D eigenvalue weighted by Crippen LogP contribution is -2.61. The van der Waals surface area contributed by atoms with E-state index in [1.807, 2.05) is 105 Å². The van der Waals surface area contributed by atoms with E-state index in [1.54, 1.807) is 30.9 Å². The highest BCUT2D eigenvalue weighted by molar-refractivity contribution is 6.01. The first kappa shape index (κ1) is 85.5. The van der Waals surface area contributed by atoms with Crippen molar-refractivity contribution in [3.05, 3.63) is 144 Å². The highest BCUT2D eigenvalue weighted by Crippen LogP contribution is 2.27. The normalized spacial score (nSPS) is 15.1. The molecule has 1 aliphatic rings. The molecule has 610 valence electrons. The van der Waals surface area contributed by atoms with Gasteiger partial charge in [0.05, 0.1) is 6.04 Å². The van der Waals surface area contributed by atoms with Crippen molar-refractivity contribution < 1.29 is 53.1 Å². The monoisotopic (exact) mass is 1570 g/mol. The largest absolute Gasteiger partial charge is 0.480 e. The number of hydrogen-bond donors (Lipinski definition) is 24. The van der Waals surface area contributed by atoms with E-state index in [0.717, 1.165) is 32.7 Å². The summed E-state index contributed by atoms with van der Waals surface area (Å²) >= 11 is 0. The highest BCUT2D eigenvalue weighted by Gasteiger charge is 2.42. The summed E-state index contributed by atoms with van der Waals surface area (Å²) in [5, 5.41) is 66.8. The minimum absolute atomic E-state index is 0.0105. The number of likely N-dealkylation sites (tertiary alicyclic amines) is 1. The second kappa shape index (κ2) is 41.7. The van der Waals surface area contributed by atoms with Crippen LogP contribution >= 0.6 is 0 Å². The molecule has 5 heterocycles. The number of carbonyl (C=O) groups is 10. The molecule has 0 radical (unpaired) electrons. The number of hydrogen-bond acceptors (Lipinski definition) is 15. The minimum Gasteiger partial charge on any atom is -0.480 e. The van der Waals surface area contributed by atoms with Crippen LogP contribution in [0.25, 0.3) is 43.6 Å². The zero-order valence-corrected chi connectivity index (χ0v) is 64.1. The average molecular weight is 1570 g/mol. The maximum atomic E-state index is 16.0. The number of amides is 9. The number of aromatic amines is 4. The van der Waals surface area contributed by atoms with Crippen LogP contribution in [0, 0.1) is 22.1 Å². The van der Waals surface area contributed by atoms with Crippen molar-refractivity contribution in [1.82, 2.24) is 83.3 Å². The summed E-state index contributed by atoms with van der Waals surface area (Å²) in [6, 6.07) is 15.8. The van der Waals surface area contributed by atoms with Crippen LogP contribution in [0.2, 0.25) is 0 Å². The molecule has 9 amide bonds. The topological polar surface area (TPSA) is 591 Å². The Morgan fingerprint density at radius 2 is 0.754 bits per heavy atom. The molecule has 10 atom stereocenters. The van der Waals surface area contributed by atoms with Gasteiger partial charge in [-0.15, -0.1) is 0 Å². The molecule has 114 heavy (non-hydrogen) atoms. The number of nitrogens with zero attached hydrogens (tertiary/aromatic N) is 1. The summed E-state index contributed by atoms with van der Waals surface area (Å²) < 4.78 is 0. The summed E-state index contributed by atoms with van der Waals surface area (Å²) in [7, 11) is 0. The van der Waals surface area contributed by atoms with Crippen molar-refractivity contribution in [1.29, 1.82) is 16.2 Å². The van der Waals surface area contributed by atoms with Gasteiger partial charge in [0.1, 0.15) is 54.4 Å². The van der Waals surface area contributed by atoms with Crippen LogP contribution in [0.4, 0.5) is 0 Å². The van der Waals surface area contributed by atoms with Gasteiger partial charge in [0.15, 0.2) is 17.9 Å². The zero-order chi connectivity index (χ0) is 82.0. The summed E-state index contributed by atoms with van der Waals surface area (Å²) in [6.45, 7) is 4.44. The Kier molecular flexibility index (Phi) is 31.2. The van der Waals surface area contributed by atoms with E-state index in [0.29, 0.717) is 58.8 Å². The molecule has 1 saturated heterocycles. The van der Waals surface area contributed by atoms with Gasteiger partial charge in [-0.25, -0.2) is 4.79 Å². The smallest absolute Gasteiger partial charge is 0.326 e. The number of carboxylic acids is 1. The SMILES string of the molecule is CC(C)C[C@H](N)C(=O)N[C@@H](CCCNC(=N)N)C(=O)N[C@@H](Cc1c[nH]c2ccccc12)C(=O)N[C@@H](Cc1c[nH]c2ccccc12)C(=O)N[C@@H](Cc1c[nH]c2ccccc12)C(=O)N1CCC[C@H]1C(=O)N[C@@H](Cc1c[nH]c2ccccc12)C(=O)N[C@@H](CCCNC(=N)N)C(=O)N[C@@H](CCCNC(=N)N)C(=O)N[C@@H](CCCCN)C(=O)O. The minimum atomic E-state index is -1.49. The lowest BCUT2D eigenvalue weighted by molar-refractivity contribution is -0.143. The molecule has 4 aromatic heterocycles. The third-order valence-corrected chi connectivity index (χ3v) is 20.2. The van der Waals surface area contributed by atoms with E-state index in [2.05, 4.69) is 78.4 Å². The number of carbonyl (C=O) groups excluding carboxylic acids is 9. The quantitative estimate of drug-likeness (QED) is 0.0145. The van der Waals surface area contributed by atoms with Gasteiger partial charge >= 0.3 is 5.97 Å². The fourth-order valence-electron chi connectivity index (χ4n) is 14.4. The van der Waals surface area contributed by atoms with Gasteiger partial charge in [0.2, 0.25) is 53.2 Å². The molecule has 9 rings (SSSR count). The van der Waals surface area contributed by atoms with E-state index in [-0.39, 0.29) is 134 Å². The highest BCUT2D eigenvalue weighted by atomic mass is 16.4. The summed E-state index contributed by atoms with van der Waals surface area (Å²) in [6.07, 6.45) is 8.16. The van der Waals surface area contributed by atoms with Gasteiger partial charge in [-0.05, 0) is 136 Å². The number of rotatable bonds is 44. The van der Waals surface area contributed by atoms with E-state index in [9.17, 15) is 29.1 Å². The molecule has 0 bridgehead atoms. The molecular formula is C79H108N24O11. The molecular weight excluding hydrogens is 1460 g/mol. The Hall–Kier alpha value is -12.5. The standard InChI is InChI=1S/C79H108N24O11/c1-44(2)35-53(81)67(104)95-58(26-13-31-88-77(82)83)70(107)99-62(36-45-40-91-54-21-7-3-17-49(45)54)72(109)100-63(37-46-41-92-55-22-8-4-18-50(46)55)73(110)102-65(39-48-43-94-57-24-10-6-20-52(48)57)75(112)103-34-16-29-66(103)74(111)101-64(38-47-42-93-56-23-9-5-19-51(47)56)71(108)97-59(27-14-32-89-78(84)85)68(105)96-60(28-15-33-90-79(86)87)69(106)98-61(76(113)114)25-11-12-30-80/h3-10,17-24,40-44,53,58-66,91-94H,11-16,25-39,80-81H2,1-2H3,(H,95,104)(H,96,105)(H,97,108)(H,98,106)(H,99,107)(H,100,109)(H,101,111)(H,102,110)(H,113,114)(H4,82,83,88)(H4,84,85,89)(H4,86,87,90)/t53-,58-,59-,60-,61-,62-,63-,64-,65-,66-/m0/s1. The number of unbranched alkanes of at least 4 members (excludes halogenated alkanes) is 1. The first-order valence-electron chi connectivity index (χ1n) is 38.6. The number of aliphatic carboxylic acids is 1. The Labute approximate surface area is 658 Å². The van der Waals surface area contributed by atoms with Crippen molar-refractivity contribution in [2.75, 3.05) is 32.7 Å². The van der Waals surface area contributed by atoms with Crippen LogP contribution in [0.5, 0.6) is 0 Å².